The van der Waals surface area contributed by atoms with Gasteiger partial charge in [0.2, 0.25) is 5.88 Å². The van der Waals surface area contributed by atoms with Crippen LogP contribution in [0.15, 0.2) is 36.9 Å². The van der Waals surface area contributed by atoms with Gasteiger partial charge in [-0.25, -0.2) is 29.3 Å². The van der Waals surface area contributed by atoms with Gasteiger partial charge in [0.05, 0.1) is 30.1 Å². The predicted octanol–water partition coefficient (Wildman–Crippen LogP) is 5.22. The number of nitrogens with zero attached hydrogens (tertiary/aromatic N) is 8. The van der Waals surface area contributed by atoms with Crippen molar-refractivity contribution < 1.29 is 27.4 Å². The van der Waals surface area contributed by atoms with Gasteiger partial charge < -0.3 is 24.2 Å². The van der Waals surface area contributed by atoms with Gasteiger partial charge in [-0.3, -0.25) is 0 Å². The van der Waals surface area contributed by atoms with Gasteiger partial charge in [0.1, 0.15) is 29.2 Å². The van der Waals surface area contributed by atoms with Gasteiger partial charge in [-0.05, 0) is 56.2 Å². The lowest BCUT2D eigenvalue weighted by atomic mass is 10.0. The molecule has 8 rings (SSSR count). The minimum atomic E-state index is -4.64. The SMILES string of the molecule is COc1ncnc(C2CC2)c1-c1ncc2c(n1)N(Cc1ccc(-c3nc(C(F)(F)F)cn3C)c(F)c1)C1(CC1)C(O)N2C1CC1. The van der Waals surface area contributed by atoms with Crippen molar-refractivity contribution >= 4 is 11.5 Å². The molecule has 0 amide bonds. The van der Waals surface area contributed by atoms with E-state index in [1.165, 1.54) is 30.1 Å². The van der Waals surface area contributed by atoms with Crippen molar-refractivity contribution in [3.05, 3.63) is 59.7 Å². The van der Waals surface area contributed by atoms with Crippen molar-refractivity contribution in [2.24, 2.45) is 7.05 Å². The lowest BCUT2D eigenvalue weighted by Crippen LogP contribution is -2.59. The molecule has 4 heterocycles. The van der Waals surface area contributed by atoms with Gasteiger partial charge in [-0.2, -0.15) is 13.2 Å². The minimum Gasteiger partial charge on any atom is -0.480 e. The summed E-state index contributed by atoms with van der Waals surface area (Å²) in [6, 6.07) is 4.62. The third kappa shape index (κ3) is 4.60. The maximum atomic E-state index is 15.6. The Hall–Kier alpha value is -4.33. The van der Waals surface area contributed by atoms with Crippen molar-refractivity contribution in [2.75, 3.05) is 16.9 Å². The molecule has 45 heavy (non-hydrogen) atoms. The first-order valence-electron chi connectivity index (χ1n) is 15.0. The molecule has 1 spiro atoms. The highest BCUT2D eigenvalue weighted by molar-refractivity contribution is 5.77. The molecule has 1 N–H and O–H groups in total. The zero-order chi connectivity index (χ0) is 31.2. The summed E-state index contributed by atoms with van der Waals surface area (Å²) in [5.74, 6) is 0.880. The quantitative estimate of drug-likeness (QED) is 0.278. The number of ether oxygens (including phenoxy) is 1. The molecule has 1 unspecified atom stereocenters. The van der Waals surface area contributed by atoms with Gasteiger partial charge in [-0.1, -0.05) is 6.07 Å². The van der Waals surface area contributed by atoms with Crippen LogP contribution in [-0.4, -0.2) is 59.5 Å². The van der Waals surface area contributed by atoms with E-state index in [2.05, 4.69) is 15.0 Å². The first kappa shape index (κ1) is 28.2. The largest absolute Gasteiger partial charge is 0.480 e. The van der Waals surface area contributed by atoms with Crippen molar-refractivity contribution in [1.29, 1.82) is 0 Å². The summed E-state index contributed by atoms with van der Waals surface area (Å²) in [4.78, 5) is 26.4. The number of alkyl halides is 3. The molecule has 0 bridgehead atoms. The van der Waals surface area contributed by atoms with Crippen LogP contribution < -0.4 is 14.5 Å². The average molecular weight is 623 g/mol. The Morgan fingerprint density at radius 3 is 2.47 bits per heavy atom. The zero-order valence-electron chi connectivity index (χ0n) is 24.6. The first-order valence-corrected chi connectivity index (χ1v) is 15.0. The summed E-state index contributed by atoms with van der Waals surface area (Å²) in [5.41, 5.74) is 0.996. The normalized spacial score (nSPS) is 20.5. The lowest BCUT2D eigenvalue weighted by molar-refractivity contribution is -0.140. The van der Waals surface area contributed by atoms with Crippen LogP contribution >= 0.6 is 0 Å². The molecule has 1 aromatic carbocycles. The molecule has 3 fully saturated rings. The zero-order valence-corrected chi connectivity index (χ0v) is 24.6. The standard InChI is InChI=1S/C31H30F4N8O2/c1-41-14-22(31(33,34)35)39-26(41)19-8-3-16(11-20(19)32)13-42-27-21(43(18-6-7-18)29(44)30(42)9-10-30)12-36-25(40-27)23-24(17-4-5-17)37-15-38-28(23)45-2/h3,8,11-12,14-15,17-18,29,44H,4-7,9-10,13H2,1-2H3. The van der Waals surface area contributed by atoms with E-state index in [0.717, 1.165) is 50.4 Å². The fraction of sp³-hybridized carbons (Fsp3) is 0.452. The number of hydrogen-bond donors (Lipinski definition) is 1. The van der Waals surface area contributed by atoms with Gasteiger partial charge in [-0.15, -0.1) is 0 Å². The van der Waals surface area contributed by atoms with Gasteiger partial charge >= 0.3 is 6.18 Å². The highest BCUT2D eigenvalue weighted by atomic mass is 19.4. The van der Waals surface area contributed by atoms with Crippen LogP contribution in [-0.2, 0) is 19.8 Å². The molecule has 234 valence electrons. The molecule has 0 radical (unpaired) electrons. The summed E-state index contributed by atoms with van der Waals surface area (Å²) < 4.78 is 62.1. The Morgan fingerprint density at radius 1 is 1.07 bits per heavy atom. The third-order valence-electron chi connectivity index (χ3n) is 9.27. The van der Waals surface area contributed by atoms with E-state index in [1.54, 1.807) is 19.4 Å². The lowest BCUT2D eigenvalue weighted by Gasteiger charge is -2.48. The number of imidazole rings is 1. The number of aromatic nitrogens is 6. The van der Waals surface area contributed by atoms with Gasteiger partial charge in [0, 0.05) is 31.7 Å². The Balaban J connectivity index is 1.20. The fourth-order valence-corrected chi connectivity index (χ4v) is 6.53. The smallest absolute Gasteiger partial charge is 0.434 e. The molecule has 1 atom stereocenters. The molecule has 0 saturated heterocycles. The fourth-order valence-electron chi connectivity index (χ4n) is 6.53. The Bertz CT molecular complexity index is 1820. The van der Waals surface area contributed by atoms with E-state index < -0.39 is 29.5 Å². The number of methoxy groups -OCH3 is 1. The van der Waals surface area contributed by atoms with E-state index in [0.29, 0.717) is 34.3 Å². The van der Waals surface area contributed by atoms with Crippen LogP contribution in [0, 0.1) is 5.82 Å². The number of aryl methyl sites for hydroxylation is 1. The van der Waals surface area contributed by atoms with Crippen LogP contribution in [0.2, 0.25) is 0 Å². The number of aliphatic hydroxyl groups excluding tert-OH is 1. The second-order valence-electron chi connectivity index (χ2n) is 12.4. The number of rotatable bonds is 7. The van der Waals surface area contributed by atoms with E-state index in [1.807, 2.05) is 9.80 Å². The number of halogens is 4. The van der Waals surface area contributed by atoms with Crippen molar-refractivity contribution in [1.82, 2.24) is 29.5 Å². The number of benzene rings is 1. The third-order valence-corrected chi connectivity index (χ3v) is 9.27. The van der Waals surface area contributed by atoms with E-state index in [9.17, 15) is 18.3 Å². The maximum absolute atomic E-state index is 15.6. The number of anilines is 2. The molecular weight excluding hydrogens is 592 g/mol. The Morgan fingerprint density at radius 2 is 1.84 bits per heavy atom. The molecule has 3 saturated carbocycles. The van der Waals surface area contributed by atoms with Crippen LogP contribution in [0.1, 0.15) is 61.4 Å². The summed E-state index contributed by atoms with van der Waals surface area (Å²) in [6.07, 6.45) is 3.97. The highest BCUT2D eigenvalue weighted by Crippen LogP contribution is 2.57. The average Bonchev–Trinajstić information content (AvgIpc) is 3.88. The van der Waals surface area contributed by atoms with E-state index in [-0.39, 0.29) is 29.9 Å². The van der Waals surface area contributed by atoms with Crippen LogP contribution in [0.25, 0.3) is 22.8 Å². The molecule has 14 heteroatoms. The molecule has 1 aliphatic heterocycles. The molecule has 3 aliphatic carbocycles. The van der Waals surface area contributed by atoms with E-state index >= 15 is 4.39 Å². The highest BCUT2D eigenvalue weighted by Gasteiger charge is 2.61. The van der Waals surface area contributed by atoms with Crippen molar-refractivity contribution in [3.8, 4) is 28.7 Å². The summed E-state index contributed by atoms with van der Waals surface area (Å²) in [6.45, 7) is 0.211. The van der Waals surface area contributed by atoms with Gasteiger partial charge in [0.25, 0.3) is 0 Å². The molecular formula is C31H30F4N8O2. The molecule has 4 aliphatic rings. The molecule has 10 nitrogen and oxygen atoms in total. The van der Waals surface area contributed by atoms with Gasteiger partial charge in [0.15, 0.2) is 23.6 Å². The summed E-state index contributed by atoms with van der Waals surface area (Å²) >= 11 is 0. The number of aliphatic hydroxyl groups is 1. The second kappa shape index (κ2) is 9.83. The Kier molecular flexibility index (Phi) is 6.15. The number of hydrogen-bond acceptors (Lipinski definition) is 9. The van der Waals surface area contributed by atoms with Crippen molar-refractivity contribution in [3.63, 3.8) is 0 Å². The topological polar surface area (TPSA) is 105 Å². The minimum absolute atomic E-state index is 0.0368. The number of fused-ring (bicyclic) bond motifs is 1. The van der Waals surface area contributed by atoms with E-state index in [4.69, 9.17) is 14.7 Å². The predicted molar refractivity (Wildman–Crippen MR) is 155 cm³/mol. The maximum Gasteiger partial charge on any atom is 0.434 e. The van der Waals surface area contributed by atoms with Crippen LogP contribution in [0.3, 0.4) is 0 Å². The van der Waals surface area contributed by atoms with Crippen molar-refractivity contribution in [2.45, 2.75) is 75.0 Å². The summed E-state index contributed by atoms with van der Waals surface area (Å²) in [7, 11) is 2.95. The van der Waals surface area contributed by atoms with Crippen LogP contribution in [0.5, 0.6) is 5.88 Å². The Labute approximate surface area is 255 Å². The second-order valence-corrected chi connectivity index (χ2v) is 12.4. The molecule has 3 aromatic heterocycles. The summed E-state index contributed by atoms with van der Waals surface area (Å²) in [5, 5.41) is 11.7. The van der Waals surface area contributed by atoms with Crippen LogP contribution in [0.4, 0.5) is 29.1 Å². The first-order chi connectivity index (χ1) is 21.6. The monoisotopic (exact) mass is 622 g/mol. The molecule has 4 aromatic rings.